The van der Waals surface area contributed by atoms with Gasteiger partial charge < -0.3 is 5.32 Å². The van der Waals surface area contributed by atoms with Gasteiger partial charge in [0.05, 0.1) is 16.0 Å². The Morgan fingerprint density at radius 3 is 2.38 bits per heavy atom. The first-order valence-corrected chi connectivity index (χ1v) is 7.11. The molecular formula is C13H21NOS. The van der Waals surface area contributed by atoms with E-state index in [1.54, 1.807) is 0 Å². The van der Waals surface area contributed by atoms with Crippen LogP contribution in [-0.4, -0.2) is 22.0 Å². The van der Waals surface area contributed by atoms with Crippen LogP contribution in [0.25, 0.3) is 0 Å². The van der Waals surface area contributed by atoms with E-state index in [2.05, 4.69) is 26.1 Å². The van der Waals surface area contributed by atoms with Crippen LogP contribution in [0.3, 0.4) is 0 Å². The number of hydrogen-bond acceptors (Lipinski definition) is 2. The molecule has 1 aromatic carbocycles. The number of benzene rings is 1. The Kier molecular flexibility index (Phi) is 5.71. The second-order valence-corrected chi connectivity index (χ2v) is 5.70. The Morgan fingerprint density at radius 1 is 1.25 bits per heavy atom. The monoisotopic (exact) mass is 239 g/mol. The molecule has 0 saturated carbocycles. The first-order valence-electron chi connectivity index (χ1n) is 5.89. The summed E-state index contributed by atoms with van der Waals surface area (Å²) in [5.41, 5.74) is 0. The molecule has 2 nitrogen and oxygen atoms in total. The standard InChI is InChI=1S/C13H21NOS/c1-4-13(14-5-2)11(3)16(15)12-9-7-6-8-10-12/h6-11,13-14H,4-5H2,1-3H3. The lowest BCUT2D eigenvalue weighted by Crippen LogP contribution is -2.39. The fourth-order valence-electron chi connectivity index (χ4n) is 1.82. The fraction of sp³-hybridized carbons (Fsp3) is 0.538. The molecule has 1 rings (SSSR count). The largest absolute Gasteiger partial charge is 0.313 e. The lowest BCUT2D eigenvalue weighted by molar-refractivity contribution is 0.500. The summed E-state index contributed by atoms with van der Waals surface area (Å²) >= 11 is 0. The summed E-state index contributed by atoms with van der Waals surface area (Å²) < 4.78 is 12.3. The molecule has 1 N–H and O–H groups in total. The smallest absolute Gasteiger partial charge is 0.0573 e. The third-order valence-electron chi connectivity index (χ3n) is 2.79. The molecule has 0 aliphatic carbocycles. The minimum atomic E-state index is -0.922. The summed E-state index contributed by atoms with van der Waals surface area (Å²) in [5, 5.41) is 3.54. The van der Waals surface area contributed by atoms with Crippen molar-refractivity contribution in [2.75, 3.05) is 6.54 Å². The molecule has 0 spiro atoms. The van der Waals surface area contributed by atoms with Crippen LogP contribution in [0.2, 0.25) is 0 Å². The molecule has 0 radical (unpaired) electrons. The Labute approximate surface area is 101 Å². The first-order chi connectivity index (χ1) is 7.70. The summed E-state index contributed by atoms with van der Waals surface area (Å²) in [6.07, 6.45) is 1.01. The van der Waals surface area contributed by atoms with Gasteiger partial charge in [0.15, 0.2) is 0 Å². The van der Waals surface area contributed by atoms with E-state index in [0.29, 0.717) is 6.04 Å². The van der Waals surface area contributed by atoms with Crippen molar-refractivity contribution in [1.82, 2.24) is 5.32 Å². The van der Waals surface area contributed by atoms with Crippen LogP contribution < -0.4 is 5.32 Å². The molecule has 0 aliphatic rings. The van der Waals surface area contributed by atoms with Crippen molar-refractivity contribution in [3.8, 4) is 0 Å². The van der Waals surface area contributed by atoms with E-state index in [1.165, 1.54) is 0 Å². The zero-order valence-corrected chi connectivity index (χ0v) is 11.1. The Balaban J connectivity index is 2.73. The van der Waals surface area contributed by atoms with Crippen LogP contribution in [0.15, 0.2) is 35.2 Å². The normalized spacial score (nSPS) is 16.7. The lowest BCUT2D eigenvalue weighted by Gasteiger charge is -2.22. The van der Waals surface area contributed by atoms with Crippen LogP contribution in [0.1, 0.15) is 27.2 Å². The molecule has 90 valence electrons. The van der Waals surface area contributed by atoms with E-state index < -0.39 is 10.8 Å². The molecular weight excluding hydrogens is 218 g/mol. The van der Waals surface area contributed by atoms with Crippen LogP contribution in [0.5, 0.6) is 0 Å². The van der Waals surface area contributed by atoms with Gasteiger partial charge >= 0.3 is 0 Å². The molecule has 3 unspecified atom stereocenters. The number of rotatable bonds is 6. The van der Waals surface area contributed by atoms with E-state index in [0.717, 1.165) is 17.9 Å². The maximum Gasteiger partial charge on any atom is 0.0573 e. The molecule has 0 fully saturated rings. The van der Waals surface area contributed by atoms with Gasteiger partial charge in [-0.2, -0.15) is 0 Å². The van der Waals surface area contributed by atoms with Crippen LogP contribution >= 0.6 is 0 Å². The highest BCUT2D eigenvalue weighted by atomic mass is 32.2. The molecule has 0 saturated heterocycles. The second kappa shape index (κ2) is 6.81. The predicted molar refractivity (Wildman–Crippen MR) is 70.1 cm³/mol. The highest BCUT2D eigenvalue weighted by Crippen LogP contribution is 2.14. The highest BCUT2D eigenvalue weighted by Gasteiger charge is 2.21. The first kappa shape index (κ1) is 13.4. The van der Waals surface area contributed by atoms with E-state index >= 15 is 0 Å². The minimum Gasteiger partial charge on any atom is -0.313 e. The molecule has 1 aromatic rings. The molecule has 0 amide bonds. The van der Waals surface area contributed by atoms with E-state index in [4.69, 9.17) is 0 Å². The molecule has 16 heavy (non-hydrogen) atoms. The minimum absolute atomic E-state index is 0.146. The Hall–Kier alpha value is -0.670. The van der Waals surface area contributed by atoms with Gasteiger partial charge in [-0.25, -0.2) is 0 Å². The van der Waals surface area contributed by atoms with Crippen molar-refractivity contribution >= 4 is 10.8 Å². The molecule has 0 heterocycles. The fourth-order valence-corrected chi connectivity index (χ4v) is 3.26. The molecule has 0 aliphatic heterocycles. The van der Waals surface area contributed by atoms with E-state index in [9.17, 15) is 4.21 Å². The quantitative estimate of drug-likeness (QED) is 0.826. The highest BCUT2D eigenvalue weighted by molar-refractivity contribution is 7.85. The number of nitrogens with one attached hydrogen (secondary N) is 1. The van der Waals surface area contributed by atoms with Gasteiger partial charge in [-0.3, -0.25) is 4.21 Å². The van der Waals surface area contributed by atoms with Gasteiger partial charge in [-0.1, -0.05) is 32.0 Å². The second-order valence-electron chi connectivity index (χ2n) is 3.89. The average Bonchev–Trinajstić information content (AvgIpc) is 2.35. The topological polar surface area (TPSA) is 29.1 Å². The van der Waals surface area contributed by atoms with E-state index in [-0.39, 0.29) is 5.25 Å². The van der Waals surface area contributed by atoms with Gasteiger partial charge in [0.25, 0.3) is 0 Å². The van der Waals surface area contributed by atoms with Crippen LogP contribution in [-0.2, 0) is 10.8 Å². The third kappa shape index (κ3) is 3.42. The lowest BCUT2D eigenvalue weighted by atomic mass is 10.2. The summed E-state index contributed by atoms with van der Waals surface area (Å²) in [6.45, 7) is 7.20. The van der Waals surface area contributed by atoms with Crippen molar-refractivity contribution in [2.45, 2.75) is 43.4 Å². The maximum atomic E-state index is 12.3. The van der Waals surface area contributed by atoms with Gasteiger partial charge in [0.1, 0.15) is 0 Å². The van der Waals surface area contributed by atoms with Gasteiger partial charge in [0.2, 0.25) is 0 Å². The molecule has 3 heteroatoms. The van der Waals surface area contributed by atoms with Gasteiger partial charge in [-0.15, -0.1) is 0 Å². The van der Waals surface area contributed by atoms with Gasteiger partial charge in [-0.05, 0) is 32.0 Å². The van der Waals surface area contributed by atoms with Gasteiger partial charge in [0, 0.05) is 10.9 Å². The molecule has 3 atom stereocenters. The summed E-state index contributed by atoms with van der Waals surface area (Å²) in [5.74, 6) is 0. The van der Waals surface area contributed by atoms with Crippen LogP contribution in [0, 0.1) is 0 Å². The SMILES string of the molecule is CCNC(CC)C(C)S(=O)c1ccccc1. The van der Waals surface area contributed by atoms with Crippen molar-refractivity contribution in [1.29, 1.82) is 0 Å². The predicted octanol–water partition coefficient (Wildman–Crippen LogP) is 2.57. The summed E-state index contributed by atoms with van der Waals surface area (Å²) in [7, 11) is -0.922. The van der Waals surface area contributed by atoms with Crippen molar-refractivity contribution < 1.29 is 4.21 Å². The Bertz CT molecular complexity index is 326. The van der Waals surface area contributed by atoms with Crippen molar-refractivity contribution in [3.63, 3.8) is 0 Å². The maximum absolute atomic E-state index is 12.3. The average molecular weight is 239 g/mol. The third-order valence-corrected chi connectivity index (χ3v) is 4.53. The zero-order chi connectivity index (χ0) is 12.0. The van der Waals surface area contributed by atoms with Crippen LogP contribution in [0.4, 0.5) is 0 Å². The zero-order valence-electron chi connectivity index (χ0n) is 10.3. The summed E-state index contributed by atoms with van der Waals surface area (Å²) in [4.78, 5) is 0.923. The van der Waals surface area contributed by atoms with E-state index in [1.807, 2.05) is 30.3 Å². The van der Waals surface area contributed by atoms with Crippen molar-refractivity contribution in [3.05, 3.63) is 30.3 Å². The molecule has 0 aromatic heterocycles. The number of hydrogen-bond donors (Lipinski definition) is 1. The Morgan fingerprint density at radius 2 is 1.88 bits per heavy atom. The van der Waals surface area contributed by atoms with Crippen molar-refractivity contribution in [2.24, 2.45) is 0 Å². The summed E-state index contributed by atoms with van der Waals surface area (Å²) in [6, 6.07) is 10.0. The molecule has 0 bridgehead atoms.